The maximum Gasteiger partial charge on any atom is 0.238 e. The predicted molar refractivity (Wildman–Crippen MR) is 106 cm³/mol. The molecule has 2 rings (SSSR count). The summed E-state index contributed by atoms with van der Waals surface area (Å²) in [6, 6.07) is 9.68. The third kappa shape index (κ3) is 5.32. The zero-order valence-electron chi connectivity index (χ0n) is 15.6. The minimum atomic E-state index is -3.71. The largest absolute Gasteiger partial charge is 0.493 e. The van der Waals surface area contributed by atoms with Gasteiger partial charge in [-0.15, -0.1) is 0 Å². The van der Waals surface area contributed by atoms with Crippen LogP contribution in [0.3, 0.4) is 0 Å². The molecule has 0 atom stereocenters. The molecule has 0 saturated carbocycles. The molecule has 0 heterocycles. The quantitative estimate of drug-likeness (QED) is 0.732. The van der Waals surface area contributed by atoms with Crippen LogP contribution in [0.1, 0.15) is 12.5 Å². The number of allylic oxidation sites excluding steroid dienone is 1. The highest BCUT2D eigenvalue weighted by molar-refractivity contribution is 7.89. The van der Waals surface area contributed by atoms with Crippen LogP contribution in [0.2, 0.25) is 0 Å². The van der Waals surface area contributed by atoms with E-state index in [1.54, 1.807) is 33.5 Å². The number of rotatable bonds is 7. The number of aliphatic imine (C=N–C) groups is 1. The Balaban J connectivity index is 2.25. The molecule has 0 spiro atoms. The first-order valence-corrected chi connectivity index (χ1v) is 9.49. The van der Waals surface area contributed by atoms with Gasteiger partial charge in [-0.1, -0.05) is 6.08 Å². The van der Waals surface area contributed by atoms with E-state index in [-0.39, 0.29) is 4.90 Å². The van der Waals surface area contributed by atoms with Crippen molar-refractivity contribution in [3.8, 4) is 17.2 Å². The number of benzene rings is 2. The van der Waals surface area contributed by atoms with Crippen molar-refractivity contribution in [2.45, 2.75) is 11.8 Å². The molecule has 0 radical (unpaired) electrons. The Morgan fingerprint density at radius 3 is 2.00 bits per heavy atom. The molecule has 7 nitrogen and oxygen atoms in total. The third-order valence-electron chi connectivity index (χ3n) is 3.67. The van der Waals surface area contributed by atoms with Crippen LogP contribution in [0.4, 0.5) is 5.69 Å². The lowest BCUT2D eigenvalue weighted by Crippen LogP contribution is -2.11. The molecule has 0 aromatic heterocycles. The predicted octanol–water partition coefficient (Wildman–Crippen LogP) is 3.17. The summed E-state index contributed by atoms with van der Waals surface area (Å²) in [6.45, 7) is 1.84. The van der Waals surface area contributed by atoms with Crippen molar-refractivity contribution in [3.63, 3.8) is 0 Å². The van der Waals surface area contributed by atoms with Crippen LogP contribution in [-0.2, 0) is 10.0 Å². The van der Waals surface area contributed by atoms with E-state index >= 15 is 0 Å². The lowest BCUT2D eigenvalue weighted by molar-refractivity contribution is 0.324. The van der Waals surface area contributed by atoms with Gasteiger partial charge in [0.05, 0.1) is 31.9 Å². The number of hydrogen-bond acceptors (Lipinski definition) is 6. The van der Waals surface area contributed by atoms with E-state index in [0.717, 1.165) is 11.3 Å². The van der Waals surface area contributed by atoms with Gasteiger partial charge in [0.2, 0.25) is 15.8 Å². The van der Waals surface area contributed by atoms with Crippen LogP contribution in [0.15, 0.2) is 52.4 Å². The zero-order chi connectivity index (χ0) is 20.0. The molecule has 2 aromatic carbocycles. The second kappa shape index (κ2) is 8.70. The summed E-state index contributed by atoms with van der Waals surface area (Å²) in [6.07, 6.45) is 3.69. The smallest absolute Gasteiger partial charge is 0.238 e. The van der Waals surface area contributed by atoms with Gasteiger partial charge in [0.25, 0.3) is 0 Å². The van der Waals surface area contributed by atoms with Crippen LogP contribution in [0, 0.1) is 0 Å². The second-order valence-electron chi connectivity index (χ2n) is 5.58. The number of methoxy groups -OCH3 is 3. The van der Waals surface area contributed by atoms with Crippen molar-refractivity contribution in [2.75, 3.05) is 21.3 Å². The number of nitrogens with zero attached hydrogens (tertiary/aromatic N) is 1. The van der Waals surface area contributed by atoms with E-state index in [4.69, 9.17) is 19.3 Å². The molecule has 8 heteroatoms. The van der Waals surface area contributed by atoms with Gasteiger partial charge < -0.3 is 14.2 Å². The first-order valence-electron chi connectivity index (χ1n) is 7.94. The standard InChI is InChI=1S/C19H22N2O5S/c1-13(21-15-7-9-16(10-8-15)27(20,22)23)5-6-14-11-17(24-2)19(26-4)18(12-14)25-3/h5-12H,1-4H3,(H2,20,22,23)/b6-5+,21-13?. The van der Waals surface area contributed by atoms with Crippen LogP contribution in [0.25, 0.3) is 6.08 Å². The molecule has 0 saturated heterocycles. The molecule has 27 heavy (non-hydrogen) atoms. The van der Waals surface area contributed by atoms with Gasteiger partial charge in [-0.2, -0.15) is 0 Å². The molecular weight excluding hydrogens is 368 g/mol. The summed E-state index contributed by atoms with van der Waals surface area (Å²) in [4.78, 5) is 4.47. The highest BCUT2D eigenvalue weighted by Crippen LogP contribution is 2.38. The Kier molecular flexibility index (Phi) is 6.59. The fraction of sp³-hybridized carbons (Fsp3) is 0.211. The molecule has 0 bridgehead atoms. The monoisotopic (exact) mass is 390 g/mol. The van der Waals surface area contributed by atoms with Crippen LogP contribution >= 0.6 is 0 Å². The highest BCUT2D eigenvalue weighted by Gasteiger charge is 2.12. The third-order valence-corrected chi connectivity index (χ3v) is 4.60. The fourth-order valence-electron chi connectivity index (χ4n) is 2.37. The summed E-state index contributed by atoms with van der Waals surface area (Å²) < 4.78 is 38.5. The number of nitrogens with two attached hydrogens (primary N) is 1. The Labute approximate surface area is 159 Å². The van der Waals surface area contributed by atoms with Gasteiger partial charge in [-0.05, 0) is 55.0 Å². The Morgan fingerprint density at radius 2 is 1.56 bits per heavy atom. The summed E-state index contributed by atoms with van der Waals surface area (Å²) in [5.41, 5.74) is 2.20. The van der Waals surface area contributed by atoms with Crippen molar-refractivity contribution in [1.29, 1.82) is 0 Å². The molecule has 0 aliphatic rings. The van der Waals surface area contributed by atoms with Gasteiger partial charge in [0.15, 0.2) is 11.5 Å². The Morgan fingerprint density at radius 1 is 1.00 bits per heavy atom. The van der Waals surface area contributed by atoms with E-state index in [0.29, 0.717) is 22.9 Å². The van der Waals surface area contributed by atoms with Gasteiger partial charge in [0.1, 0.15) is 0 Å². The van der Waals surface area contributed by atoms with Crippen molar-refractivity contribution in [1.82, 2.24) is 0 Å². The van der Waals surface area contributed by atoms with Gasteiger partial charge in [-0.25, -0.2) is 13.6 Å². The normalized spacial score (nSPS) is 12.3. The average Bonchev–Trinajstić information content (AvgIpc) is 2.65. The summed E-state index contributed by atoms with van der Waals surface area (Å²) in [5.74, 6) is 1.65. The summed E-state index contributed by atoms with van der Waals surface area (Å²) >= 11 is 0. The maximum absolute atomic E-state index is 11.3. The minimum absolute atomic E-state index is 0.0482. The first-order chi connectivity index (χ1) is 12.8. The van der Waals surface area contributed by atoms with E-state index in [2.05, 4.69) is 4.99 Å². The summed E-state index contributed by atoms with van der Waals surface area (Å²) in [7, 11) is 0.956. The highest BCUT2D eigenvalue weighted by atomic mass is 32.2. The van der Waals surface area contributed by atoms with E-state index in [1.807, 2.05) is 31.2 Å². The van der Waals surface area contributed by atoms with E-state index in [1.165, 1.54) is 12.1 Å². The van der Waals surface area contributed by atoms with Gasteiger partial charge >= 0.3 is 0 Å². The lowest BCUT2D eigenvalue weighted by atomic mass is 10.1. The summed E-state index contributed by atoms with van der Waals surface area (Å²) in [5, 5.41) is 5.08. The molecule has 0 amide bonds. The van der Waals surface area contributed by atoms with Crippen molar-refractivity contribution < 1.29 is 22.6 Å². The van der Waals surface area contributed by atoms with Crippen molar-refractivity contribution in [2.24, 2.45) is 10.1 Å². The molecule has 0 aliphatic carbocycles. The molecule has 0 fully saturated rings. The Hall–Kier alpha value is -2.84. The van der Waals surface area contributed by atoms with E-state index in [9.17, 15) is 8.42 Å². The SMILES string of the molecule is COc1cc(/C=C/C(C)=Nc2ccc(S(N)(=O)=O)cc2)cc(OC)c1OC. The number of primary sulfonamides is 1. The average molecular weight is 390 g/mol. The zero-order valence-corrected chi connectivity index (χ0v) is 16.4. The minimum Gasteiger partial charge on any atom is -0.493 e. The second-order valence-corrected chi connectivity index (χ2v) is 7.15. The van der Waals surface area contributed by atoms with Gasteiger partial charge in [-0.3, -0.25) is 4.99 Å². The van der Waals surface area contributed by atoms with Crippen molar-refractivity contribution >= 4 is 27.5 Å². The lowest BCUT2D eigenvalue weighted by Gasteiger charge is -2.12. The fourth-order valence-corrected chi connectivity index (χ4v) is 2.88. The Bertz CT molecular complexity index is 939. The molecular formula is C19H22N2O5S. The molecule has 2 aromatic rings. The van der Waals surface area contributed by atoms with Crippen LogP contribution < -0.4 is 19.3 Å². The first kappa shape index (κ1) is 20.5. The van der Waals surface area contributed by atoms with Crippen LogP contribution in [0.5, 0.6) is 17.2 Å². The van der Waals surface area contributed by atoms with E-state index < -0.39 is 10.0 Å². The van der Waals surface area contributed by atoms with Crippen LogP contribution in [-0.4, -0.2) is 35.5 Å². The van der Waals surface area contributed by atoms with Crippen molar-refractivity contribution in [3.05, 3.63) is 48.0 Å². The maximum atomic E-state index is 11.3. The molecule has 2 N–H and O–H groups in total. The number of sulfonamides is 1. The topological polar surface area (TPSA) is 100 Å². The molecule has 144 valence electrons. The molecule has 0 unspecified atom stereocenters. The molecule has 0 aliphatic heterocycles. The number of ether oxygens (including phenoxy) is 3. The number of hydrogen-bond donors (Lipinski definition) is 1. The van der Waals surface area contributed by atoms with Gasteiger partial charge in [0, 0.05) is 5.71 Å².